The van der Waals surface area contributed by atoms with Crippen LogP contribution in [-0.4, -0.2) is 46.7 Å². The summed E-state index contributed by atoms with van der Waals surface area (Å²) in [6, 6.07) is 5.08. The Hall–Kier alpha value is -2.90. The molecule has 0 aliphatic carbocycles. The van der Waals surface area contributed by atoms with Gasteiger partial charge in [-0.2, -0.15) is 13.2 Å². The lowest BCUT2D eigenvalue weighted by atomic mass is 9.89. The molecule has 1 aromatic carbocycles. The minimum atomic E-state index is -4.29. The van der Waals surface area contributed by atoms with Crippen molar-refractivity contribution in [3.8, 4) is 0 Å². The van der Waals surface area contributed by atoms with Crippen molar-refractivity contribution >= 4 is 23.2 Å². The molecule has 3 rings (SSSR count). The van der Waals surface area contributed by atoms with Crippen molar-refractivity contribution in [2.45, 2.75) is 46.2 Å². The molecule has 0 amide bonds. The fourth-order valence-electron chi connectivity index (χ4n) is 4.11. The number of carbonyl (C=O) groups is 2. The molecule has 0 aromatic heterocycles. The molecule has 8 heteroatoms. The van der Waals surface area contributed by atoms with Gasteiger partial charge in [0.15, 0.2) is 0 Å². The van der Waals surface area contributed by atoms with Crippen LogP contribution in [0.4, 0.5) is 13.2 Å². The first-order valence-corrected chi connectivity index (χ1v) is 10.6. The number of fused-ring (bicyclic) bond motifs is 1. The third-order valence-electron chi connectivity index (χ3n) is 5.87. The first-order valence-electron chi connectivity index (χ1n) is 10.6. The van der Waals surface area contributed by atoms with E-state index in [2.05, 4.69) is 11.1 Å². The topological polar surface area (TPSA) is 70.0 Å². The van der Waals surface area contributed by atoms with Crippen LogP contribution >= 0.6 is 0 Å². The summed E-state index contributed by atoms with van der Waals surface area (Å²) in [5.41, 5.74) is 3.68. The summed E-state index contributed by atoms with van der Waals surface area (Å²) in [5, 5.41) is 9.34. The number of alkyl halides is 3. The van der Waals surface area contributed by atoms with E-state index < -0.39 is 18.6 Å². The first kappa shape index (κ1) is 23.8. The van der Waals surface area contributed by atoms with Gasteiger partial charge < -0.3 is 10.0 Å². The van der Waals surface area contributed by atoms with Crippen LogP contribution in [0.3, 0.4) is 0 Å². The Morgan fingerprint density at radius 1 is 1.25 bits per heavy atom. The number of carboxylic acids is 1. The number of carboxylic acid groups (broad SMARTS) is 1. The van der Waals surface area contributed by atoms with Crippen LogP contribution in [0.5, 0.6) is 0 Å². The SMILES string of the molecule is CC(=O)C1CC(=NCCC(F)(F)F)C2=CCC(C)C=C(c3ccc(C(=O)O)c(C)c3)N2C1. The molecular formula is C24H27F3N2O3. The van der Waals surface area contributed by atoms with Gasteiger partial charge >= 0.3 is 12.1 Å². The van der Waals surface area contributed by atoms with Gasteiger partial charge in [0, 0.05) is 31.1 Å². The van der Waals surface area contributed by atoms with E-state index in [1.165, 1.54) is 6.92 Å². The third kappa shape index (κ3) is 5.47. The number of ketones is 1. The van der Waals surface area contributed by atoms with Crippen LogP contribution in [0.15, 0.2) is 41.0 Å². The Kier molecular flexibility index (Phi) is 6.91. The van der Waals surface area contributed by atoms with E-state index in [1.807, 2.05) is 17.9 Å². The molecule has 2 atom stereocenters. The second-order valence-electron chi connectivity index (χ2n) is 8.51. The van der Waals surface area contributed by atoms with Gasteiger partial charge in [-0.25, -0.2) is 4.79 Å². The smallest absolute Gasteiger partial charge is 0.390 e. The summed E-state index contributed by atoms with van der Waals surface area (Å²) >= 11 is 0. The summed E-state index contributed by atoms with van der Waals surface area (Å²) < 4.78 is 38.0. The molecule has 5 nitrogen and oxygen atoms in total. The molecule has 1 saturated heterocycles. The van der Waals surface area contributed by atoms with Gasteiger partial charge in [-0.3, -0.25) is 9.79 Å². The van der Waals surface area contributed by atoms with Crippen molar-refractivity contribution in [1.82, 2.24) is 4.90 Å². The highest BCUT2D eigenvalue weighted by Crippen LogP contribution is 2.36. The van der Waals surface area contributed by atoms with Gasteiger partial charge in [0.25, 0.3) is 0 Å². The highest BCUT2D eigenvalue weighted by molar-refractivity contribution is 6.04. The third-order valence-corrected chi connectivity index (χ3v) is 5.87. The van der Waals surface area contributed by atoms with Gasteiger partial charge in [0.2, 0.25) is 0 Å². The standard InChI is InChI=1S/C24H27F3N2O3/c1-14-4-7-21-20(28-9-8-24(25,26)27)12-18(16(3)30)13-29(21)22(10-14)17-5-6-19(23(31)32)15(2)11-17/h5-7,10-11,14,18H,4,8-9,12-13H2,1-3H3,(H,31,32). The Bertz CT molecular complexity index is 1010. The fourth-order valence-corrected chi connectivity index (χ4v) is 4.11. The quantitative estimate of drug-likeness (QED) is 0.667. The van der Waals surface area contributed by atoms with Crippen LogP contribution in [0.2, 0.25) is 0 Å². The van der Waals surface area contributed by atoms with Crippen molar-refractivity contribution in [3.63, 3.8) is 0 Å². The molecule has 2 heterocycles. The Balaban J connectivity index is 2.04. The minimum absolute atomic E-state index is 0.0402. The number of nitrogens with zero attached hydrogens (tertiary/aromatic N) is 2. The average molecular weight is 448 g/mol. The Morgan fingerprint density at radius 2 is 1.97 bits per heavy atom. The van der Waals surface area contributed by atoms with E-state index in [4.69, 9.17) is 0 Å². The Labute approximate surface area is 185 Å². The van der Waals surface area contributed by atoms with E-state index in [9.17, 15) is 27.9 Å². The molecule has 2 unspecified atom stereocenters. The minimum Gasteiger partial charge on any atom is -0.478 e. The number of aromatic carboxylic acids is 1. The normalized spacial score (nSPS) is 22.7. The van der Waals surface area contributed by atoms with Gasteiger partial charge in [-0.15, -0.1) is 0 Å². The summed E-state index contributed by atoms with van der Waals surface area (Å²) in [6.07, 6.45) is -0.259. The molecule has 172 valence electrons. The van der Waals surface area contributed by atoms with E-state index in [-0.39, 0.29) is 29.7 Å². The molecule has 0 spiro atoms. The largest absolute Gasteiger partial charge is 0.478 e. The highest BCUT2D eigenvalue weighted by Gasteiger charge is 2.34. The van der Waals surface area contributed by atoms with Crippen LogP contribution in [0, 0.1) is 18.8 Å². The van der Waals surface area contributed by atoms with Gasteiger partial charge in [-0.05, 0) is 49.4 Å². The first-order chi connectivity index (χ1) is 15.0. The monoisotopic (exact) mass is 448 g/mol. The number of aryl methyl sites for hydroxylation is 1. The molecular weight excluding hydrogens is 421 g/mol. The lowest BCUT2D eigenvalue weighted by Gasteiger charge is -2.38. The zero-order chi connectivity index (χ0) is 23.6. The number of benzene rings is 1. The molecule has 1 fully saturated rings. The van der Waals surface area contributed by atoms with Crippen molar-refractivity contribution in [2.75, 3.05) is 13.1 Å². The van der Waals surface area contributed by atoms with Crippen molar-refractivity contribution in [3.05, 3.63) is 52.7 Å². The van der Waals surface area contributed by atoms with Crippen LogP contribution in [0.25, 0.3) is 5.70 Å². The maximum atomic E-state index is 12.7. The van der Waals surface area contributed by atoms with Gasteiger partial charge in [0.05, 0.1) is 23.4 Å². The number of rotatable bonds is 5. The predicted octanol–water partition coefficient (Wildman–Crippen LogP) is 5.26. The van der Waals surface area contributed by atoms with Gasteiger partial charge in [0.1, 0.15) is 5.78 Å². The van der Waals surface area contributed by atoms with Crippen molar-refractivity contribution in [1.29, 1.82) is 0 Å². The molecule has 0 radical (unpaired) electrons. The van der Waals surface area contributed by atoms with Crippen LogP contribution in [0.1, 0.15) is 54.6 Å². The second-order valence-corrected chi connectivity index (χ2v) is 8.51. The average Bonchev–Trinajstić information content (AvgIpc) is 2.85. The molecule has 1 aromatic rings. The predicted molar refractivity (Wildman–Crippen MR) is 116 cm³/mol. The molecule has 0 saturated carbocycles. The van der Waals surface area contributed by atoms with E-state index in [1.54, 1.807) is 25.1 Å². The van der Waals surface area contributed by atoms with E-state index >= 15 is 0 Å². The summed E-state index contributed by atoms with van der Waals surface area (Å²) in [6.45, 7) is 5.27. The van der Waals surface area contributed by atoms with Crippen LogP contribution < -0.4 is 0 Å². The molecule has 1 N–H and O–H groups in total. The number of carbonyl (C=O) groups excluding carboxylic acids is 1. The van der Waals surface area contributed by atoms with E-state index in [0.29, 0.717) is 30.7 Å². The summed E-state index contributed by atoms with van der Waals surface area (Å²) in [7, 11) is 0. The lowest BCUT2D eigenvalue weighted by molar-refractivity contribution is -0.132. The number of Topliss-reactive ketones (excluding diaryl/α,β-unsaturated/α-hetero) is 1. The lowest BCUT2D eigenvalue weighted by Crippen LogP contribution is -2.40. The van der Waals surface area contributed by atoms with Crippen molar-refractivity contribution in [2.24, 2.45) is 16.8 Å². The molecule has 32 heavy (non-hydrogen) atoms. The van der Waals surface area contributed by atoms with E-state index in [0.717, 1.165) is 17.0 Å². The van der Waals surface area contributed by atoms with Crippen molar-refractivity contribution < 1.29 is 27.9 Å². The second kappa shape index (κ2) is 9.30. The number of allylic oxidation sites excluding steroid dienone is 3. The maximum absolute atomic E-state index is 12.7. The van der Waals surface area contributed by atoms with Gasteiger partial charge in [-0.1, -0.05) is 25.1 Å². The number of hydrogen-bond donors (Lipinski definition) is 1. The highest BCUT2D eigenvalue weighted by atomic mass is 19.4. The molecule has 0 bridgehead atoms. The zero-order valence-electron chi connectivity index (χ0n) is 18.4. The molecule has 2 aliphatic rings. The number of halogens is 3. The Morgan fingerprint density at radius 3 is 2.56 bits per heavy atom. The maximum Gasteiger partial charge on any atom is 0.390 e. The molecule has 2 aliphatic heterocycles. The van der Waals surface area contributed by atoms with Crippen LogP contribution in [-0.2, 0) is 4.79 Å². The summed E-state index contributed by atoms with van der Waals surface area (Å²) in [5.74, 6) is -1.28. The number of piperidine rings is 1. The number of aliphatic imine (C=N–C) groups is 1. The summed E-state index contributed by atoms with van der Waals surface area (Å²) in [4.78, 5) is 29.9. The number of hydrogen-bond acceptors (Lipinski definition) is 4. The fraction of sp³-hybridized carbons (Fsp3) is 0.458. The zero-order valence-corrected chi connectivity index (χ0v) is 18.4.